The number of nitrogen functional groups attached to an aromatic ring is 2. The Bertz CT molecular complexity index is 4230. The van der Waals surface area contributed by atoms with Gasteiger partial charge < -0.3 is 40.7 Å². The number of methoxy groups -OCH3 is 2. The molecule has 0 saturated heterocycles. The Morgan fingerprint density at radius 3 is 1.41 bits per heavy atom. The first-order valence-corrected chi connectivity index (χ1v) is 29.8. The summed E-state index contributed by atoms with van der Waals surface area (Å²) in [6, 6.07) is 38.6. The van der Waals surface area contributed by atoms with E-state index in [0.717, 1.165) is 84.1 Å². The smallest absolute Gasteiger partial charge is 0.323 e. The van der Waals surface area contributed by atoms with E-state index in [0.29, 0.717) is 28.5 Å². The highest BCUT2D eigenvalue weighted by molar-refractivity contribution is 7.92. The summed E-state index contributed by atoms with van der Waals surface area (Å²) in [6.45, 7) is 12.1. The largest absolute Gasteiger partial charge is 0.492 e. The van der Waals surface area contributed by atoms with E-state index in [-0.39, 0.29) is 22.3 Å². The molecule has 0 saturated carbocycles. The van der Waals surface area contributed by atoms with E-state index in [1.165, 1.54) is 14.2 Å². The van der Waals surface area contributed by atoms with Gasteiger partial charge in [0.05, 0.1) is 77.6 Å². The van der Waals surface area contributed by atoms with Crippen LogP contribution in [0.4, 0.5) is 43.7 Å². The Hall–Kier alpha value is -8.56. The molecule has 0 aliphatic rings. The van der Waals surface area contributed by atoms with Crippen LogP contribution in [0, 0.1) is 0 Å². The Morgan fingerprint density at radius 2 is 0.939 bits per heavy atom. The van der Waals surface area contributed by atoms with Crippen molar-refractivity contribution >= 4 is 131 Å². The number of nitrogens with zero attached hydrogens (tertiary/aromatic N) is 4. The molecule has 428 valence electrons. The number of anilines is 6. The van der Waals surface area contributed by atoms with Crippen molar-refractivity contribution in [2.45, 2.75) is 52.4 Å². The molecule has 0 bridgehead atoms. The summed E-state index contributed by atoms with van der Waals surface area (Å²) in [7, 11) is -4.08. The number of amides is 2. The molecule has 22 heteroatoms. The maximum Gasteiger partial charge on any atom is 0.323 e. The molecule has 10 rings (SSSR count). The number of aromatic nitrogens is 4. The van der Waals surface area contributed by atoms with Crippen molar-refractivity contribution in [1.29, 1.82) is 0 Å². The molecule has 82 heavy (non-hydrogen) atoms. The highest BCUT2D eigenvalue weighted by Gasteiger charge is 2.24. The Morgan fingerprint density at radius 1 is 0.524 bits per heavy atom. The first-order valence-electron chi connectivity index (χ1n) is 25.3. The molecule has 8 N–H and O–H groups in total. The molecule has 4 aromatic heterocycles. The third-order valence-corrected chi connectivity index (χ3v) is 14.0. The summed E-state index contributed by atoms with van der Waals surface area (Å²) in [5.74, 6) is 0.552. The number of ether oxygens (including phenoxy) is 2. The fourth-order valence-electron chi connectivity index (χ4n) is 9.02. The minimum atomic E-state index is -3.59. The van der Waals surface area contributed by atoms with E-state index < -0.39 is 30.8 Å². The molecule has 0 unspecified atom stereocenters. The molecule has 4 heterocycles. The summed E-state index contributed by atoms with van der Waals surface area (Å²) in [5, 5.41) is 12.0. The van der Waals surface area contributed by atoms with E-state index in [1.807, 2.05) is 139 Å². The number of benzene rings is 6. The van der Waals surface area contributed by atoms with Crippen LogP contribution in [0.1, 0.15) is 52.7 Å². The minimum Gasteiger partial charge on any atom is -0.492 e. The van der Waals surface area contributed by atoms with Crippen LogP contribution in [-0.4, -0.2) is 73.4 Å². The first kappa shape index (κ1) is 61.1. The fourth-order valence-corrected chi connectivity index (χ4v) is 10.1. The van der Waals surface area contributed by atoms with Crippen molar-refractivity contribution in [1.82, 2.24) is 19.1 Å². The standard InChI is InChI=1S/C30H31N5O4S.C17H13N3.C12H20N2O3S.CCl2O/c1-30(2,3)20-16-24(28(39-4)25(17-20)34-40(5,37)38)33-29(36)32-23-10-11-27(22-9-7-6-8-21(22)23)35-15-13-19-18-31-14-12-26(19)35;18-15-5-6-17(14-4-2-1-3-13(14)15)20-10-8-12-11-19-9-7-16(12)20;1-12(2,3)8-6-9(13)11(17-4)10(7-8)14-18(5,15)16;2-1(3)4/h6-18,34H,1-5H3,(H2,32,33,36);1-11H,18H2;6-7,14H,13H2,1-5H3;. The average Bonchev–Trinajstić information content (AvgIpc) is 4.03. The van der Waals surface area contributed by atoms with Crippen molar-refractivity contribution in [2.24, 2.45) is 0 Å². The maximum absolute atomic E-state index is 13.3. The zero-order valence-corrected chi connectivity index (χ0v) is 49.9. The Labute approximate surface area is 486 Å². The molecular weight excluding hydrogens is 1120 g/mol. The zero-order chi connectivity index (χ0) is 59.9. The lowest BCUT2D eigenvalue weighted by Crippen LogP contribution is -2.22. The van der Waals surface area contributed by atoms with E-state index in [9.17, 15) is 21.6 Å². The summed E-state index contributed by atoms with van der Waals surface area (Å²) in [4.78, 5) is 30.7. The molecule has 0 fully saturated rings. The van der Waals surface area contributed by atoms with Gasteiger partial charge in [0.15, 0.2) is 11.5 Å². The van der Waals surface area contributed by atoms with Crippen LogP contribution in [0.25, 0.3) is 54.7 Å². The van der Waals surface area contributed by atoms with Gasteiger partial charge in [-0.05, 0) is 118 Å². The monoisotopic (exact) mass is 1190 g/mol. The molecule has 0 aliphatic heterocycles. The van der Waals surface area contributed by atoms with Gasteiger partial charge in [-0.25, -0.2) is 21.6 Å². The molecule has 18 nitrogen and oxygen atoms in total. The van der Waals surface area contributed by atoms with Gasteiger partial charge in [0.2, 0.25) is 20.0 Å². The van der Waals surface area contributed by atoms with E-state index in [2.05, 4.69) is 92.8 Å². The van der Waals surface area contributed by atoms with Gasteiger partial charge in [0.1, 0.15) is 0 Å². The maximum atomic E-state index is 13.3. The molecule has 0 atom stereocenters. The van der Waals surface area contributed by atoms with Gasteiger partial charge in [0.25, 0.3) is 0 Å². The molecule has 10 aromatic rings. The molecule has 0 spiro atoms. The zero-order valence-electron chi connectivity index (χ0n) is 46.8. The van der Waals surface area contributed by atoms with Crippen LogP contribution in [0.2, 0.25) is 0 Å². The second kappa shape index (κ2) is 25.1. The highest BCUT2D eigenvalue weighted by Crippen LogP contribution is 2.41. The van der Waals surface area contributed by atoms with Gasteiger partial charge in [-0.1, -0.05) is 90.1 Å². The van der Waals surface area contributed by atoms with Crippen LogP contribution >= 0.6 is 23.2 Å². The van der Waals surface area contributed by atoms with Gasteiger partial charge in [-0.15, -0.1) is 0 Å². The van der Waals surface area contributed by atoms with Crippen LogP contribution in [-0.2, 0) is 30.9 Å². The summed E-state index contributed by atoms with van der Waals surface area (Å²) in [6.07, 6.45) is 13.5. The minimum absolute atomic E-state index is 0.131. The second-order valence-electron chi connectivity index (χ2n) is 20.9. The fraction of sp³-hybridized carbons (Fsp3) is 0.200. The number of urea groups is 1. The van der Waals surface area contributed by atoms with Crippen molar-refractivity contribution in [3.63, 3.8) is 0 Å². The lowest BCUT2D eigenvalue weighted by Gasteiger charge is -2.24. The second-order valence-corrected chi connectivity index (χ2v) is 25.3. The van der Waals surface area contributed by atoms with Crippen LogP contribution in [0.3, 0.4) is 0 Å². The van der Waals surface area contributed by atoms with Crippen LogP contribution in [0.5, 0.6) is 11.5 Å². The van der Waals surface area contributed by atoms with Gasteiger partial charge in [-0.3, -0.25) is 24.2 Å². The Kier molecular flexibility index (Phi) is 18.7. The highest BCUT2D eigenvalue weighted by atomic mass is 35.5. The number of nitrogens with two attached hydrogens (primary N) is 2. The van der Waals surface area contributed by atoms with Crippen molar-refractivity contribution in [2.75, 3.05) is 58.3 Å². The Balaban J connectivity index is 0.000000191. The third kappa shape index (κ3) is 15.1. The predicted molar refractivity (Wildman–Crippen MR) is 336 cm³/mol. The topological polar surface area (TPSA) is 257 Å². The average molecular weight is 1190 g/mol. The van der Waals surface area contributed by atoms with Gasteiger partial charge in [0, 0.05) is 75.2 Å². The number of rotatable bonds is 10. The summed E-state index contributed by atoms with van der Waals surface area (Å²) >= 11 is 8.80. The SMILES string of the molecule is COc1c(N)cc(C(C)(C)C)cc1NS(C)(=O)=O.COc1c(NC(=O)Nc2ccc(-n3ccc4cnccc43)c3ccccc23)cc(C(C)(C)C)cc1NS(C)(=O)=O.Nc1ccc(-n2ccc3cnccc32)c2ccccc12.O=C(Cl)Cl. The number of halogens is 2. The number of fused-ring (bicyclic) bond motifs is 4. The summed E-state index contributed by atoms with van der Waals surface area (Å²) in [5.41, 5.74) is 20.3. The lowest BCUT2D eigenvalue weighted by atomic mass is 9.86. The number of pyridine rings is 2. The van der Waals surface area contributed by atoms with E-state index in [1.54, 1.807) is 30.5 Å². The van der Waals surface area contributed by atoms with E-state index in [4.69, 9.17) is 25.7 Å². The third-order valence-electron chi connectivity index (χ3n) is 12.8. The summed E-state index contributed by atoms with van der Waals surface area (Å²) < 4.78 is 65.7. The number of hydrogen-bond acceptors (Lipinski definition) is 12. The molecule has 2 amide bonds. The number of sulfonamides is 2. The molecular formula is C60H64Cl2N10O8S2. The lowest BCUT2D eigenvalue weighted by molar-refractivity contribution is 0.262. The molecule has 0 radical (unpaired) electrons. The van der Waals surface area contributed by atoms with Gasteiger partial charge >= 0.3 is 10.7 Å². The first-order chi connectivity index (χ1) is 38.6. The van der Waals surface area contributed by atoms with Crippen molar-refractivity contribution < 1.29 is 35.9 Å². The molecule has 6 aromatic carbocycles. The van der Waals surface area contributed by atoms with Gasteiger partial charge in [-0.2, -0.15) is 0 Å². The quantitative estimate of drug-likeness (QED) is 0.0552. The van der Waals surface area contributed by atoms with E-state index >= 15 is 0 Å². The normalized spacial score (nSPS) is 11.6. The number of carbonyl (C=O) groups excluding carboxylic acids is 2. The molecule has 0 aliphatic carbocycles. The van der Waals surface area contributed by atoms with Crippen LogP contribution in [0.15, 0.2) is 159 Å². The van der Waals surface area contributed by atoms with Crippen molar-refractivity contribution in [3.8, 4) is 22.9 Å². The number of hydrogen-bond donors (Lipinski definition) is 6. The van der Waals surface area contributed by atoms with Crippen LogP contribution < -0.4 is 41.0 Å². The number of nitrogens with one attached hydrogen (secondary N) is 4. The van der Waals surface area contributed by atoms with Crippen molar-refractivity contribution in [3.05, 3.63) is 170 Å². The predicted octanol–water partition coefficient (Wildman–Crippen LogP) is 13.8. The number of carbonyl (C=O) groups is 2.